The Morgan fingerprint density at radius 1 is 1.50 bits per heavy atom. The first-order valence-corrected chi connectivity index (χ1v) is 1.18. The lowest BCUT2D eigenvalue weighted by molar-refractivity contribution is 0.890. The van der Waals surface area contributed by atoms with E-state index in [1.807, 2.05) is 0 Å². The van der Waals surface area contributed by atoms with E-state index in [-0.39, 0.29) is 12.4 Å². The first-order chi connectivity index (χ1) is 2.27. The van der Waals surface area contributed by atoms with Gasteiger partial charge in [-0.05, 0) is 0 Å². The molecule has 6 heavy (non-hydrogen) atoms. The summed E-state index contributed by atoms with van der Waals surface area (Å²) >= 11 is 0. The van der Waals surface area contributed by atoms with Crippen molar-refractivity contribution in [1.29, 1.82) is 5.26 Å². The molecule has 0 aliphatic rings. The molecule has 0 radical (unpaired) electrons. The highest BCUT2D eigenvalue weighted by atomic mass is 35.5. The van der Waals surface area contributed by atoms with Gasteiger partial charge in [0.05, 0.1) is 6.07 Å². The van der Waals surface area contributed by atoms with Gasteiger partial charge in [0.1, 0.15) is 6.17 Å². The average Bonchev–Trinajstić information content (AvgIpc) is 1.38. The highest BCUT2D eigenvalue weighted by Gasteiger charge is 1.77. The molecule has 0 fully saturated rings. The van der Waals surface area contributed by atoms with Crippen molar-refractivity contribution in [3.63, 3.8) is 0 Å². The molecule has 0 aromatic rings. The van der Waals surface area contributed by atoms with Crippen LogP contribution in [0.3, 0.4) is 0 Å². The second-order valence-corrected chi connectivity index (χ2v) is 0.655. The number of rotatable bonds is 0. The Morgan fingerprint density at radius 2 is 1.67 bits per heavy atom. The first-order valence-electron chi connectivity index (χ1n) is 1.18. The Morgan fingerprint density at radius 3 is 1.67 bits per heavy atom. The number of hydrogen-bond acceptors (Lipinski definition) is 3. The molecule has 0 saturated carbocycles. The fourth-order valence-corrected chi connectivity index (χ4v) is 0. The van der Waals surface area contributed by atoms with E-state index in [4.69, 9.17) is 16.7 Å². The van der Waals surface area contributed by atoms with Gasteiger partial charge >= 0.3 is 0 Å². The van der Waals surface area contributed by atoms with Crippen molar-refractivity contribution in [3.05, 3.63) is 0 Å². The highest BCUT2D eigenvalue weighted by molar-refractivity contribution is 5.85. The minimum absolute atomic E-state index is 0. The van der Waals surface area contributed by atoms with Crippen LogP contribution in [0.15, 0.2) is 0 Å². The van der Waals surface area contributed by atoms with Crippen molar-refractivity contribution in [2.75, 3.05) is 0 Å². The van der Waals surface area contributed by atoms with Gasteiger partial charge in [-0.25, -0.2) is 0 Å². The van der Waals surface area contributed by atoms with Crippen molar-refractivity contribution >= 4 is 12.4 Å². The van der Waals surface area contributed by atoms with Crippen molar-refractivity contribution in [2.24, 2.45) is 11.5 Å². The molecule has 0 amide bonds. The fraction of sp³-hybridized carbons (Fsp3) is 0.500. The second kappa shape index (κ2) is 4.70. The van der Waals surface area contributed by atoms with Crippen molar-refractivity contribution < 1.29 is 0 Å². The number of halogens is 1. The fourth-order valence-electron chi connectivity index (χ4n) is 0. The lowest BCUT2D eigenvalue weighted by atomic mass is 10.6. The summed E-state index contributed by atoms with van der Waals surface area (Å²) in [7, 11) is 0. The van der Waals surface area contributed by atoms with Crippen LogP contribution < -0.4 is 11.5 Å². The molecule has 0 aromatic heterocycles. The summed E-state index contributed by atoms with van der Waals surface area (Å²) in [5.41, 5.74) is 9.42. The first kappa shape index (κ1) is 9.20. The third-order valence-corrected chi connectivity index (χ3v) is 0.149. The Balaban J connectivity index is 0. The predicted molar refractivity (Wildman–Crippen MR) is 25.0 cm³/mol. The summed E-state index contributed by atoms with van der Waals surface area (Å²) < 4.78 is 0. The van der Waals surface area contributed by atoms with Crippen LogP contribution >= 0.6 is 12.4 Å². The average molecular weight is 108 g/mol. The van der Waals surface area contributed by atoms with Crippen LogP contribution in [0.1, 0.15) is 0 Å². The Kier molecular flexibility index (Phi) is 7.20. The minimum atomic E-state index is -0.810. The van der Waals surface area contributed by atoms with Crippen molar-refractivity contribution in [1.82, 2.24) is 0 Å². The van der Waals surface area contributed by atoms with E-state index in [0.717, 1.165) is 0 Å². The molecule has 0 aromatic carbocycles. The van der Waals surface area contributed by atoms with Gasteiger partial charge in [0.15, 0.2) is 0 Å². The molecule has 4 heteroatoms. The summed E-state index contributed by atoms with van der Waals surface area (Å²) in [6.45, 7) is 0. The summed E-state index contributed by atoms with van der Waals surface area (Å²) in [6, 6.07) is 1.58. The lowest BCUT2D eigenvalue weighted by Gasteiger charge is -1.79. The zero-order valence-corrected chi connectivity index (χ0v) is 3.90. The van der Waals surface area contributed by atoms with Crippen LogP contribution in [0.25, 0.3) is 0 Å². The van der Waals surface area contributed by atoms with E-state index in [2.05, 4.69) is 0 Å². The van der Waals surface area contributed by atoms with Gasteiger partial charge in [-0.3, -0.25) is 0 Å². The van der Waals surface area contributed by atoms with E-state index in [9.17, 15) is 0 Å². The van der Waals surface area contributed by atoms with Crippen LogP contribution in [0, 0.1) is 11.3 Å². The molecule has 0 rings (SSSR count). The molecule has 0 spiro atoms. The largest absolute Gasteiger partial charge is 0.304 e. The Bertz CT molecular complexity index is 54.3. The summed E-state index contributed by atoms with van der Waals surface area (Å²) in [4.78, 5) is 0. The number of hydrogen-bond donors (Lipinski definition) is 2. The van der Waals surface area contributed by atoms with E-state index < -0.39 is 6.17 Å². The smallest absolute Gasteiger partial charge is 0.142 e. The van der Waals surface area contributed by atoms with Gasteiger partial charge in [0.25, 0.3) is 0 Å². The number of nitrogens with two attached hydrogens (primary N) is 2. The summed E-state index contributed by atoms with van der Waals surface area (Å²) in [6.07, 6.45) is -0.810. The van der Waals surface area contributed by atoms with Crippen molar-refractivity contribution in [2.45, 2.75) is 6.17 Å². The molecule has 36 valence electrons. The topological polar surface area (TPSA) is 75.8 Å². The summed E-state index contributed by atoms with van der Waals surface area (Å²) in [5.74, 6) is 0. The lowest BCUT2D eigenvalue weighted by Crippen LogP contribution is -2.27. The van der Waals surface area contributed by atoms with E-state index >= 15 is 0 Å². The molecule has 0 atom stereocenters. The normalized spacial score (nSPS) is 6.33. The molecule has 0 aliphatic heterocycles. The second-order valence-electron chi connectivity index (χ2n) is 0.655. The van der Waals surface area contributed by atoms with Crippen LogP contribution in [0.2, 0.25) is 0 Å². The van der Waals surface area contributed by atoms with E-state index in [0.29, 0.717) is 0 Å². The van der Waals surface area contributed by atoms with Gasteiger partial charge in [-0.2, -0.15) is 5.26 Å². The standard InChI is InChI=1S/C2H5N3.ClH/c3-1-2(4)5;/h2H,4-5H2;1H. The zero-order chi connectivity index (χ0) is 4.28. The molecular weight excluding hydrogens is 101 g/mol. The molecular formula is C2H6ClN3. The van der Waals surface area contributed by atoms with Gasteiger partial charge in [0.2, 0.25) is 0 Å². The van der Waals surface area contributed by atoms with Crippen LogP contribution in [0.5, 0.6) is 0 Å². The molecule has 0 bridgehead atoms. The molecule has 0 heterocycles. The Hall–Kier alpha value is -0.300. The highest BCUT2D eigenvalue weighted by Crippen LogP contribution is 1.44. The summed E-state index contributed by atoms with van der Waals surface area (Å²) in [5, 5.41) is 7.64. The van der Waals surface area contributed by atoms with E-state index in [1.54, 1.807) is 6.07 Å². The predicted octanol–water partition coefficient (Wildman–Crippen LogP) is -0.825. The van der Waals surface area contributed by atoms with Gasteiger partial charge in [-0.1, -0.05) is 0 Å². The van der Waals surface area contributed by atoms with Crippen LogP contribution in [-0.4, -0.2) is 6.17 Å². The van der Waals surface area contributed by atoms with Gasteiger partial charge in [-0.15, -0.1) is 12.4 Å². The van der Waals surface area contributed by atoms with Crippen molar-refractivity contribution in [3.8, 4) is 6.07 Å². The number of nitriles is 1. The quantitative estimate of drug-likeness (QED) is 0.397. The molecule has 0 saturated heterocycles. The SMILES string of the molecule is Cl.N#CC(N)N. The number of nitrogens with zero attached hydrogens (tertiary/aromatic N) is 1. The van der Waals surface area contributed by atoms with E-state index in [1.165, 1.54) is 0 Å². The third-order valence-electron chi connectivity index (χ3n) is 0.149. The maximum Gasteiger partial charge on any atom is 0.142 e. The molecule has 4 N–H and O–H groups in total. The van der Waals surface area contributed by atoms with Crippen LogP contribution in [0.4, 0.5) is 0 Å². The Labute approximate surface area is 42.3 Å². The third kappa shape index (κ3) is 9.33. The minimum Gasteiger partial charge on any atom is -0.304 e. The van der Waals surface area contributed by atoms with Crippen LogP contribution in [-0.2, 0) is 0 Å². The maximum atomic E-state index is 7.64. The molecule has 3 nitrogen and oxygen atoms in total. The monoisotopic (exact) mass is 107 g/mol. The van der Waals surface area contributed by atoms with Gasteiger partial charge < -0.3 is 11.5 Å². The molecule has 0 unspecified atom stereocenters. The zero-order valence-electron chi connectivity index (χ0n) is 3.09. The van der Waals surface area contributed by atoms with Gasteiger partial charge in [0, 0.05) is 0 Å². The molecule has 0 aliphatic carbocycles. The maximum absolute atomic E-state index is 7.64.